The predicted molar refractivity (Wildman–Crippen MR) is 60.9 cm³/mol. The van der Waals surface area contributed by atoms with Gasteiger partial charge in [0.05, 0.1) is 6.54 Å². The van der Waals surface area contributed by atoms with Crippen molar-refractivity contribution in [1.29, 1.82) is 0 Å². The molecule has 1 fully saturated rings. The molecule has 0 aliphatic carbocycles. The molecule has 0 radical (unpaired) electrons. The van der Waals surface area contributed by atoms with Gasteiger partial charge in [-0.3, -0.25) is 9.69 Å². The highest BCUT2D eigenvalue weighted by atomic mass is 16.4. The Morgan fingerprint density at radius 1 is 1.33 bits per heavy atom. The highest BCUT2D eigenvalue weighted by Gasteiger charge is 2.31. The molecule has 0 spiro atoms. The molecule has 0 amide bonds. The molecule has 1 aliphatic rings. The standard InChI is InChI=1S/C12H23NO2/c1-12(2,3)10-7-5-4-6-8-13(10)9-11(14)15/h10H,4-9H2,1-3H3,(H,14,15). The van der Waals surface area contributed by atoms with Crippen LogP contribution in [0.15, 0.2) is 0 Å². The van der Waals surface area contributed by atoms with Gasteiger partial charge in [-0.2, -0.15) is 0 Å². The van der Waals surface area contributed by atoms with Crippen molar-refractivity contribution in [2.45, 2.75) is 52.5 Å². The molecule has 1 unspecified atom stereocenters. The first kappa shape index (κ1) is 12.5. The molecule has 88 valence electrons. The smallest absolute Gasteiger partial charge is 0.317 e. The van der Waals surface area contributed by atoms with Gasteiger partial charge >= 0.3 is 5.97 Å². The van der Waals surface area contributed by atoms with E-state index in [4.69, 9.17) is 5.11 Å². The number of hydrogen-bond donors (Lipinski definition) is 1. The Hall–Kier alpha value is -0.570. The SMILES string of the molecule is CC(C)(C)C1CCCCCN1CC(=O)O. The van der Waals surface area contributed by atoms with Gasteiger partial charge in [0.2, 0.25) is 0 Å². The summed E-state index contributed by atoms with van der Waals surface area (Å²) in [6, 6.07) is 0.413. The van der Waals surface area contributed by atoms with Gasteiger partial charge in [0, 0.05) is 6.04 Å². The maximum Gasteiger partial charge on any atom is 0.317 e. The molecule has 1 heterocycles. The fraction of sp³-hybridized carbons (Fsp3) is 0.917. The quantitative estimate of drug-likeness (QED) is 0.765. The Kier molecular flexibility index (Phi) is 4.14. The number of carboxylic acids is 1. The number of likely N-dealkylation sites (tertiary alicyclic amines) is 1. The Balaban J connectivity index is 2.71. The van der Waals surface area contributed by atoms with Crippen molar-refractivity contribution in [2.75, 3.05) is 13.1 Å². The summed E-state index contributed by atoms with van der Waals surface area (Å²) in [5.74, 6) is -0.703. The maximum atomic E-state index is 10.8. The molecule has 1 N–H and O–H groups in total. The second-order valence-electron chi connectivity index (χ2n) is 5.60. The molecule has 1 saturated heterocycles. The van der Waals surface area contributed by atoms with E-state index in [-0.39, 0.29) is 12.0 Å². The lowest BCUT2D eigenvalue weighted by atomic mass is 9.83. The van der Waals surface area contributed by atoms with Crippen molar-refractivity contribution in [3.8, 4) is 0 Å². The highest BCUT2D eigenvalue weighted by Crippen LogP contribution is 2.30. The third kappa shape index (κ3) is 3.82. The zero-order chi connectivity index (χ0) is 11.5. The summed E-state index contributed by atoms with van der Waals surface area (Å²) in [6.07, 6.45) is 4.75. The molecule has 0 saturated carbocycles. The molecule has 1 aliphatic heterocycles. The number of carboxylic acid groups (broad SMARTS) is 1. The van der Waals surface area contributed by atoms with Gasteiger partial charge in [-0.15, -0.1) is 0 Å². The zero-order valence-electron chi connectivity index (χ0n) is 10.1. The van der Waals surface area contributed by atoms with Gasteiger partial charge in [0.25, 0.3) is 0 Å². The fourth-order valence-electron chi connectivity index (χ4n) is 2.51. The van der Waals surface area contributed by atoms with Crippen LogP contribution in [0.5, 0.6) is 0 Å². The monoisotopic (exact) mass is 213 g/mol. The van der Waals surface area contributed by atoms with E-state index in [1.54, 1.807) is 0 Å². The van der Waals surface area contributed by atoms with E-state index in [1.165, 1.54) is 12.8 Å². The molecule has 0 bridgehead atoms. The largest absolute Gasteiger partial charge is 0.480 e. The number of rotatable bonds is 2. The predicted octanol–water partition coefficient (Wildman–Crippen LogP) is 2.36. The Morgan fingerprint density at radius 2 is 2.00 bits per heavy atom. The van der Waals surface area contributed by atoms with Crippen molar-refractivity contribution in [1.82, 2.24) is 4.90 Å². The van der Waals surface area contributed by atoms with Crippen LogP contribution in [-0.4, -0.2) is 35.1 Å². The van der Waals surface area contributed by atoms with Crippen LogP contribution in [0.3, 0.4) is 0 Å². The van der Waals surface area contributed by atoms with Gasteiger partial charge in [-0.1, -0.05) is 33.6 Å². The van der Waals surface area contributed by atoms with E-state index in [0.29, 0.717) is 6.04 Å². The summed E-state index contributed by atoms with van der Waals surface area (Å²) in [5.41, 5.74) is 0.180. The summed E-state index contributed by atoms with van der Waals surface area (Å²) in [4.78, 5) is 13.0. The molecule has 1 rings (SSSR count). The fourth-order valence-corrected chi connectivity index (χ4v) is 2.51. The molecule has 3 heteroatoms. The average molecular weight is 213 g/mol. The average Bonchev–Trinajstić information content (AvgIpc) is 2.27. The van der Waals surface area contributed by atoms with Crippen LogP contribution < -0.4 is 0 Å². The lowest BCUT2D eigenvalue weighted by Gasteiger charge is -2.38. The van der Waals surface area contributed by atoms with E-state index in [2.05, 4.69) is 25.7 Å². The molecule has 0 aromatic rings. The minimum absolute atomic E-state index is 0.180. The van der Waals surface area contributed by atoms with Crippen LogP contribution in [0.4, 0.5) is 0 Å². The normalized spacial score (nSPS) is 24.9. The number of nitrogens with zero attached hydrogens (tertiary/aromatic N) is 1. The molecular formula is C12H23NO2. The third-order valence-electron chi connectivity index (χ3n) is 3.20. The first-order valence-corrected chi connectivity index (χ1v) is 5.87. The molecular weight excluding hydrogens is 190 g/mol. The van der Waals surface area contributed by atoms with E-state index in [1.807, 2.05) is 0 Å². The maximum absolute atomic E-state index is 10.8. The van der Waals surface area contributed by atoms with Crippen LogP contribution in [-0.2, 0) is 4.79 Å². The number of hydrogen-bond acceptors (Lipinski definition) is 2. The Morgan fingerprint density at radius 3 is 2.53 bits per heavy atom. The van der Waals surface area contributed by atoms with Crippen LogP contribution in [0.1, 0.15) is 46.5 Å². The first-order valence-electron chi connectivity index (χ1n) is 5.87. The van der Waals surface area contributed by atoms with Crippen LogP contribution >= 0.6 is 0 Å². The van der Waals surface area contributed by atoms with Crippen LogP contribution in [0, 0.1) is 5.41 Å². The second kappa shape index (κ2) is 4.97. The van der Waals surface area contributed by atoms with Gasteiger partial charge in [-0.25, -0.2) is 0 Å². The highest BCUT2D eigenvalue weighted by molar-refractivity contribution is 5.69. The van der Waals surface area contributed by atoms with Gasteiger partial charge < -0.3 is 5.11 Å². The van der Waals surface area contributed by atoms with Gasteiger partial charge in [0.1, 0.15) is 0 Å². The molecule has 1 atom stereocenters. The van der Waals surface area contributed by atoms with Crippen LogP contribution in [0.2, 0.25) is 0 Å². The summed E-state index contributed by atoms with van der Waals surface area (Å²) < 4.78 is 0. The molecule has 0 aromatic heterocycles. The van der Waals surface area contributed by atoms with Gasteiger partial charge in [-0.05, 0) is 24.8 Å². The zero-order valence-corrected chi connectivity index (χ0v) is 10.1. The lowest BCUT2D eigenvalue weighted by Crippen LogP contribution is -2.45. The van der Waals surface area contributed by atoms with Crippen molar-refractivity contribution in [3.05, 3.63) is 0 Å². The van der Waals surface area contributed by atoms with Crippen molar-refractivity contribution in [3.63, 3.8) is 0 Å². The van der Waals surface area contributed by atoms with Gasteiger partial charge in [0.15, 0.2) is 0 Å². The van der Waals surface area contributed by atoms with E-state index < -0.39 is 5.97 Å². The van der Waals surface area contributed by atoms with E-state index in [9.17, 15) is 4.79 Å². The number of carbonyl (C=O) groups is 1. The van der Waals surface area contributed by atoms with E-state index >= 15 is 0 Å². The number of aliphatic carboxylic acids is 1. The van der Waals surface area contributed by atoms with Crippen LogP contribution in [0.25, 0.3) is 0 Å². The Bertz CT molecular complexity index is 220. The first-order chi connectivity index (χ1) is 6.91. The lowest BCUT2D eigenvalue weighted by molar-refractivity contribution is -0.139. The topological polar surface area (TPSA) is 40.5 Å². The van der Waals surface area contributed by atoms with Crippen molar-refractivity contribution < 1.29 is 9.90 Å². The minimum atomic E-state index is -0.703. The summed E-state index contributed by atoms with van der Waals surface area (Å²) >= 11 is 0. The molecule has 0 aromatic carbocycles. The minimum Gasteiger partial charge on any atom is -0.480 e. The summed E-state index contributed by atoms with van der Waals surface area (Å²) in [7, 11) is 0. The van der Waals surface area contributed by atoms with Crippen molar-refractivity contribution >= 4 is 5.97 Å². The Labute approximate surface area is 92.5 Å². The van der Waals surface area contributed by atoms with Crippen molar-refractivity contribution in [2.24, 2.45) is 5.41 Å². The van der Waals surface area contributed by atoms with E-state index in [0.717, 1.165) is 19.4 Å². The molecule has 15 heavy (non-hydrogen) atoms. The summed E-state index contributed by atoms with van der Waals surface area (Å²) in [6.45, 7) is 7.75. The third-order valence-corrected chi connectivity index (χ3v) is 3.20. The molecule has 3 nitrogen and oxygen atoms in total. The summed E-state index contributed by atoms with van der Waals surface area (Å²) in [5, 5.41) is 8.90. The second-order valence-corrected chi connectivity index (χ2v) is 5.60.